The lowest BCUT2D eigenvalue weighted by Gasteiger charge is -2.32. The summed E-state index contributed by atoms with van der Waals surface area (Å²) in [6.45, 7) is 1.05. The van der Waals surface area contributed by atoms with Crippen LogP contribution in [-0.4, -0.2) is 33.4 Å². The van der Waals surface area contributed by atoms with E-state index in [0.29, 0.717) is 31.7 Å². The van der Waals surface area contributed by atoms with Crippen molar-refractivity contribution < 1.29 is 5.11 Å². The smallest absolute Gasteiger partial charge is 0.332 e. The van der Waals surface area contributed by atoms with Crippen LogP contribution in [-0.2, 0) is 14.1 Å². The Bertz CT molecular complexity index is 645. The summed E-state index contributed by atoms with van der Waals surface area (Å²) in [5.74, 6) is 0.350. The minimum absolute atomic E-state index is 0.0269. The molecule has 0 atom stereocenters. The van der Waals surface area contributed by atoms with Crippen molar-refractivity contribution in [2.75, 3.05) is 18.0 Å². The van der Waals surface area contributed by atoms with Crippen LogP contribution in [0, 0.1) is 11.3 Å². The topological polar surface area (TPSA) is 91.3 Å². The molecule has 7 nitrogen and oxygen atoms in total. The first-order chi connectivity index (χ1) is 8.97. The number of rotatable bonds is 1. The zero-order valence-corrected chi connectivity index (χ0v) is 11.0. The second-order valence-corrected chi connectivity index (χ2v) is 4.73. The first kappa shape index (κ1) is 13.4. The molecule has 0 spiro atoms. The minimum Gasteiger partial charge on any atom is -0.393 e. The van der Waals surface area contributed by atoms with Gasteiger partial charge in [-0.1, -0.05) is 0 Å². The quantitative estimate of drug-likeness (QED) is 0.696. The fourth-order valence-corrected chi connectivity index (χ4v) is 2.38. The molecule has 0 saturated carbocycles. The van der Waals surface area contributed by atoms with Gasteiger partial charge < -0.3 is 10.0 Å². The van der Waals surface area contributed by atoms with Gasteiger partial charge in [0.05, 0.1) is 6.10 Å². The molecule has 2 heterocycles. The van der Waals surface area contributed by atoms with E-state index >= 15 is 0 Å². The van der Waals surface area contributed by atoms with Crippen molar-refractivity contribution in [3.63, 3.8) is 0 Å². The zero-order chi connectivity index (χ0) is 14.2. The highest BCUT2D eigenvalue weighted by Crippen LogP contribution is 2.20. The van der Waals surface area contributed by atoms with Crippen LogP contribution in [0.4, 0.5) is 5.82 Å². The fraction of sp³-hybridized carbons (Fsp3) is 0.583. The first-order valence-electron chi connectivity index (χ1n) is 6.10. The van der Waals surface area contributed by atoms with E-state index in [9.17, 15) is 14.7 Å². The monoisotopic (exact) mass is 264 g/mol. The molecular formula is C12H16N4O3. The van der Waals surface area contributed by atoms with E-state index in [-0.39, 0.29) is 11.7 Å². The van der Waals surface area contributed by atoms with Crippen LogP contribution in [0.5, 0.6) is 0 Å². The second kappa shape index (κ2) is 4.90. The van der Waals surface area contributed by atoms with Gasteiger partial charge >= 0.3 is 5.69 Å². The number of hydrogen-bond donors (Lipinski definition) is 1. The van der Waals surface area contributed by atoms with E-state index < -0.39 is 11.2 Å². The summed E-state index contributed by atoms with van der Waals surface area (Å²) in [5.41, 5.74) is -1.06. The van der Waals surface area contributed by atoms with E-state index in [0.717, 1.165) is 4.57 Å². The molecule has 1 saturated heterocycles. The molecule has 0 aliphatic carbocycles. The van der Waals surface area contributed by atoms with Crippen molar-refractivity contribution in [3.05, 3.63) is 26.4 Å². The highest BCUT2D eigenvalue weighted by molar-refractivity contribution is 5.53. The van der Waals surface area contributed by atoms with Crippen LogP contribution in [0.3, 0.4) is 0 Å². The molecule has 1 aliphatic rings. The number of aromatic nitrogens is 2. The molecule has 2 rings (SSSR count). The highest BCUT2D eigenvalue weighted by atomic mass is 16.3. The van der Waals surface area contributed by atoms with Gasteiger partial charge in [0, 0.05) is 27.2 Å². The molecule has 1 N–H and O–H groups in total. The minimum atomic E-state index is -0.577. The SMILES string of the molecule is Cn1c(N2CCC(O)CC2)c(C#N)c(=O)n(C)c1=O. The Morgan fingerprint density at radius 2 is 1.79 bits per heavy atom. The summed E-state index contributed by atoms with van der Waals surface area (Å²) in [4.78, 5) is 25.7. The molecule has 1 aliphatic heterocycles. The van der Waals surface area contributed by atoms with Crippen LogP contribution in [0.25, 0.3) is 0 Å². The average molecular weight is 264 g/mol. The first-order valence-corrected chi connectivity index (χ1v) is 6.10. The van der Waals surface area contributed by atoms with Gasteiger partial charge in [0.25, 0.3) is 5.56 Å². The fourth-order valence-electron chi connectivity index (χ4n) is 2.38. The molecule has 19 heavy (non-hydrogen) atoms. The third kappa shape index (κ3) is 2.15. The molecule has 102 valence electrons. The number of aliphatic hydroxyl groups is 1. The summed E-state index contributed by atoms with van der Waals surface area (Å²) < 4.78 is 2.25. The molecule has 1 aromatic heterocycles. The zero-order valence-electron chi connectivity index (χ0n) is 11.0. The van der Waals surface area contributed by atoms with Crippen molar-refractivity contribution in [3.8, 4) is 6.07 Å². The molecule has 0 radical (unpaired) electrons. The lowest BCUT2D eigenvalue weighted by Crippen LogP contribution is -2.45. The van der Waals surface area contributed by atoms with E-state index in [2.05, 4.69) is 0 Å². The van der Waals surface area contributed by atoms with Gasteiger partial charge in [0.2, 0.25) is 0 Å². The van der Waals surface area contributed by atoms with E-state index in [1.807, 2.05) is 11.0 Å². The van der Waals surface area contributed by atoms with Gasteiger partial charge in [-0.15, -0.1) is 0 Å². The molecule has 0 unspecified atom stereocenters. The maximum atomic E-state index is 12.0. The molecule has 1 fully saturated rings. The molecular weight excluding hydrogens is 248 g/mol. The van der Waals surface area contributed by atoms with Crippen molar-refractivity contribution in [1.29, 1.82) is 5.26 Å². The van der Waals surface area contributed by atoms with Gasteiger partial charge in [-0.2, -0.15) is 5.26 Å². The van der Waals surface area contributed by atoms with Gasteiger partial charge in [0.1, 0.15) is 11.9 Å². The standard InChI is InChI=1S/C12H16N4O3/c1-14-10(16-5-3-8(17)4-6-16)9(7-13)11(18)15(2)12(14)19/h8,17H,3-6H2,1-2H3. The Morgan fingerprint density at radius 3 is 2.32 bits per heavy atom. The van der Waals surface area contributed by atoms with Crippen molar-refractivity contribution in [1.82, 2.24) is 9.13 Å². The van der Waals surface area contributed by atoms with Crippen LogP contribution in [0.15, 0.2) is 9.59 Å². The molecule has 0 aromatic carbocycles. The molecule has 0 amide bonds. The normalized spacial score (nSPS) is 16.4. The number of nitrogens with zero attached hydrogens (tertiary/aromatic N) is 4. The van der Waals surface area contributed by atoms with Crippen molar-refractivity contribution >= 4 is 5.82 Å². The summed E-state index contributed by atoms with van der Waals surface area (Å²) in [5, 5.41) is 18.7. The molecule has 0 bridgehead atoms. The second-order valence-electron chi connectivity index (χ2n) is 4.73. The lowest BCUT2D eigenvalue weighted by atomic mass is 10.1. The van der Waals surface area contributed by atoms with Gasteiger partial charge in [0.15, 0.2) is 5.56 Å². The molecule has 1 aromatic rings. The van der Waals surface area contributed by atoms with E-state index in [4.69, 9.17) is 5.26 Å². The predicted octanol–water partition coefficient (Wildman–Crippen LogP) is -1.08. The lowest BCUT2D eigenvalue weighted by molar-refractivity contribution is 0.145. The largest absolute Gasteiger partial charge is 0.393 e. The number of nitriles is 1. The number of hydrogen-bond acceptors (Lipinski definition) is 5. The summed E-state index contributed by atoms with van der Waals surface area (Å²) >= 11 is 0. The number of aliphatic hydroxyl groups excluding tert-OH is 1. The molecule has 7 heteroatoms. The van der Waals surface area contributed by atoms with Gasteiger partial charge in [-0.25, -0.2) is 4.79 Å². The van der Waals surface area contributed by atoms with Crippen LogP contribution in [0.2, 0.25) is 0 Å². The number of piperidine rings is 1. The van der Waals surface area contributed by atoms with E-state index in [1.54, 1.807) is 7.05 Å². The van der Waals surface area contributed by atoms with Crippen LogP contribution >= 0.6 is 0 Å². The van der Waals surface area contributed by atoms with Crippen molar-refractivity contribution in [2.45, 2.75) is 18.9 Å². The summed E-state index contributed by atoms with van der Waals surface area (Å²) in [6, 6.07) is 1.88. The Morgan fingerprint density at radius 1 is 1.21 bits per heavy atom. The maximum absolute atomic E-state index is 12.0. The Labute approximate surface area is 109 Å². The van der Waals surface area contributed by atoms with Crippen LogP contribution < -0.4 is 16.1 Å². The Kier molecular flexibility index (Phi) is 3.44. The summed E-state index contributed by atoms with van der Waals surface area (Å²) in [7, 11) is 2.90. The highest BCUT2D eigenvalue weighted by Gasteiger charge is 2.24. The maximum Gasteiger partial charge on any atom is 0.332 e. The number of anilines is 1. The average Bonchev–Trinajstić information content (AvgIpc) is 2.41. The van der Waals surface area contributed by atoms with Crippen LogP contribution in [0.1, 0.15) is 18.4 Å². The predicted molar refractivity (Wildman–Crippen MR) is 69.1 cm³/mol. The van der Waals surface area contributed by atoms with Crippen molar-refractivity contribution in [2.24, 2.45) is 14.1 Å². The van der Waals surface area contributed by atoms with E-state index in [1.165, 1.54) is 11.6 Å². The van der Waals surface area contributed by atoms with Gasteiger partial charge in [-0.3, -0.25) is 13.9 Å². The Balaban J connectivity index is 2.60. The summed E-state index contributed by atoms with van der Waals surface area (Å²) in [6.07, 6.45) is 0.771. The third-order valence-electron chi connectivity index (χ3n) is 3.51. The Hall–Kier alpha value is -2.07. The third-order valence-corrected chi connectivity index (χ3v) is 3.51. The van der Waals surface area contributed by atoms with Gasteiger partial charge in [-0.05, 0) is 12.8 Å².